The van der Waals surface area contributed by atoms with Crippen LogP contribution in [0.2, 0.25) is 0 Å². The highest BCUT2D eigenvalue weighted by Crippen LogP contribution is 2.26. The molecule has 0 bridgehead atoms. The number of aromatic nitrogens is 2. The number of carbonyl (C=O) groups is 1. The predicted octanol–water partition coefficient (Wildman–Crippen LogP) is 3.71. The van der Waals surface area contributed by atoms with Crippen molar-refractivity contribution in [2.75, 3.05) is 30.3 Å². The van der Waals surface area contributed by atoms with E-state index < -0.39 is 5.82 Å². The highest BCUT2D eigenvalue weighted by Gasteiger charge is 2.24. The largest absolute Gasteiger partial charge is 0.363 e. The van der Waals surface area contributed by atoms with Crippen LogP contribution >= 0.6 is 0 Å². The van der Waals surface area contributed by atoms with Gasteiger partial charge in [0.15, 0.2) is 11.6 Å². The lowest BCUT2D eigenvalue weighted by Crippen LogP contribution is -2.44. The first-order valence-corrected chi connectivity index (χ1v) is 11.3. The highest BCUT2D eigenvalue weighted by molar-refractivity contribution is 5.87. The van der Waals surface area contributed by atoms with Gasteiger partial charge in [-0.3, -0.25) is 9.69 Å². The van der Waals surface area contributed by atoms with Crippen molar-refractivity contribution in [2.45, 2.75) is 51.7 Å². The second kappa shape index (κ2) is 9.65. The van der Waals surface area contributed by atoms with Crippen molar-refractivity contribution in [2.24, 2.45) is 0 Å². The molecule has 170 valence electrons. The number of benzene rings is 1. The summed E-state index contributed by atoms with van der Waals surface area (Å²) in [4.78, 5) is 24.6. The number of carbonyl (C=O) groups excluding carboxylic acids is 1. The van der Waals surface area contributed by atoms with Crippen LogP contribution < -0.4 is 10.6 Å². The Labute approximate surface area is 188 Å². The average molecular weight is 439 g/mol. The molecule has 1 aromatic carbocycles. The number of likely N-dealkylation sites (tertiary alicyclic amines) is 1. The normalized spacial score (nSPS) is 18.9. The highest BCUT2D eigenvalue weighted by atomic mass is 19.1. The lowest BCUT2D eigenvalue weighted by atomic mass is 9.98. The van der Waals surface area contributed by atoms with Crippen LogP contribution in [0, 0.1) is 5.82 Å². The summed E-state index contributed by atoms with van der Waals surface area (Å²) in [6.07, 6.45) is 5.17. The van der Waals surface area contributed by atoms with Gasteiger partial charge in [-0.2, -0.15) is 4.98 Å². The number of nitrogens with one attached hydrogen (secondary N) is 2. The van der Waals surface area contributed by atoms with Gasteiger partial charge in [-0.1, -0.05) is 12.6 Å². The first kappa shape index (κ1) is 22.2. The average Bonchev–Trinajstić information content (AvgIpc) is 2.80. The van der Waals surface area contributed by atoms with Gasteiger partial charge in [0, 0.05) is 44.0 Å². The molecule has 2 aliphatic rings. The van der Waals surface area contributed by atoms with E-state index in [1.165, 1.54) is 23.4 Å². The lowest BCUT2D eigenvalue weighted by Gasteiger charge is -2.32. The summed E-state index contributed by atoms with van der Waals surface area (Å²) in [5, 5.41) is 6.36. The number of piperidine rings is 1. The van der Waals surface area contributed by atoms with E-state index in [0.29, 0.717) is 25.1 Å². The van der Waals surface area contributed by atoms with Gasteiger partial charge in [-0.15, -0.1) is 0 Å². The van der Waals surface area contributed by atoms with Crippen LogP contribution in [0.5, 0.6) is 0 Å². The fourth-order valence-electron chi connectivity index (χ4n) is 4.37. The smallest absolute Gasteiger partial charge is 0.246 e. The van der Waals surface area contributed by atoms with Gasteiger partial charge >= 0.3 is 0 Å². The van der Waals surface area contributed by atoms with Gasteiger partial charge in [-0.25, -0.2) is 9.37 Å². The van der Waals surface area contributed by atoms with E-state index in [-0.39, 0.29) is 17.8 Å². The molecular formula is C24H31FN6O. The molecule has 2 aromatic rings. The summed E-state index contributed by atoms with van der Waals surface area (Å²) in [5.41, 5.74) is 3.55. The molecule has 32 heavy (non-hydrogen) atoms. The zero-order chi connectivity index (χ0) is 22.7. The fraction of sp³-hybridized carbons (Fsp3) is 0.458. The second-order valence-electron chi connectivity index (χ2n) is 8.78. The molecule has 1 unspecified atom stereocenters. The lowest BCUT2D eigenvalue weighted by molar-refractivity contribution is -0.127. The molecule has 4 rings (SSSR count). The van der Waals surface area contributed by atoms with E-state index in [9.17, 15) is 9.18 Å². The van der Waals surface area contributed by atoms with Crippen molar-refractivity contribution in [1.82, 2.24) is 19.8 Å². The Kier molecular flexibility index (Phi) is 6.69. The molecule has 0 radical (unpaired) electrons. The molecule has 7 nitrogen and oxygen atoms in total. The van der Waals surface area contributed by atoms with E-state index in [0.717, 1.165) is 38.0 Å². The molecule has 0 aliphatic carbocycles. The summed E-state index contributed by atoms with van der Waals surface area (Å²) >= 11 is 0. The molecule has 1 amide bonds. The van der Waals surface area contributed by atoms with Gasteiger partial charge in [0.1, 0.15) is 0 Å². The van der Waals surface area contributed by atoms with Crippen molar-refractivity contribution >= 4 is 23.4 Å². The number of rotatable bonds is 6. The van der Waals surface area contributed by atoms with Crippen LogP contribution in [-0.4, -0.2) is 57.4 Å². The van der Waals surface area contributed by atoms with Crippen LogP contribution in [0.3, 0.4) is 0 Å². The Morgan fingerprint density at radius 2 is 2.16 bits per heavy atom. The van der Waals surface area contributed by atoms with E-state index in [4.69, 9.17) is 0 Å². The van der Waals surface area contributed by atoms with Crippen molar-refractivity contribution in [3.8, 4) is 0 Å². The molecule has 2 aliphatic heterocycles. The monoisotopic (exact) mass is 438 g/mol. The molecule has 0 saturated carbocycles. The van der Waals surface area contributed by atoms with E-state index in [1.54, 1.807) is 4.90 Å². The van der Waals surface area contributed by atoms with E-state index >= 15 is 0 Å². The van der Waals surface area contributed by atoms with Crippen LogP contribution in [0.25, 0.3) is 0 Å². The molecule has 3 heterocycles. The third-order valence-electron chi connectivity index (χ3n) is 6.23. The fourth-order valence-corrected chi connectivity index (χ4v) is 4.37. The Morgan fingerprint density at radius 3 is 2.94 bits per heavy atom. The van der Waals surface area contributed by atoms with Crippen LogP contribution in [0.1, 0.15) is 37.8 Å². The number of amides is 1. The van der Waals surface area contributed by atoms with Crippen molar-refractivity contribution in [3.05, 3.63) is 54.0 Å². The number of nitrogens with zero attached hydrogens (tertiary/aromatic N) is 4. The van der Waals surface area contributed by atoms with Gasteiger partial charge in [-0.05, 0) is 62.4 Å². The summed E-state index contributed by atoms with van der Waals surface area (Å²) in [6.45, 7) is 11.2. The molecular weight excluding hydrogens is 407 g/mol. The van der Waals surface area contributed by atoms with Gasteiger partial charge in [0.2, 0.25) is 11.9 Å². The SMILES string of the molecule is C=CC(=O)N1CCCC(Nc2nc(Nc3ccc4c(c3)CCN(C(C)C)C4)ncc2F)C1. The Hall–Kier alpha value is -3.00. The molecule has 1 fully saturated rings. The maximum atomic E-state index is 14.4. The summed E-state index contributed by atoms with van der Waals surface area (Å²) < 4.78 is 14.4. The van der Waals surface area contributed by atoms with Crippen LogP contribution in [0.15, 0.2) is 37.1 Å². The molecule has 1 atom stereocenters. The van der Waals surface area contributed by atoms with Gasteiger partial charge in [0.25, 0.3) is 0 Å². The zero-order valence-electron chi connectivity index (χ0n) is 18.8. The maximum Gasteiger partial charge on any atom is 0.246 e. The summed E-state index contributed by atoms with van der Waals surface area (Å²) in [5.74, 6) is -0.137. The minimum atomic E-state index is -0.512. The molecule has 0 spiro atoms. The standard InChI is InChI=1S/C24H31FN6O/c1-4-22(32)31-10-5-6-20(15-31)27-23-21(25)13-26-24(29-23)28-19-8-7-18-14-30(16(2)3)11-9-17(18)12-19/h4,7-8,12-13,16,20H,1,5-6,9-11,14-15H2,2-3H3,(H2,26,27,28,29). The molecule has 8 heteroatoms. The third-order valence-corrected chi connectivity index (χ3v) is 6.23. The van der Waals surface area contributed by atoms with Gasteiger partial charge in [0.05, 0.1) is 6.20 Å². The maximum absolute atomic E-state index is 14.4. The molecule has 1 aromatic heterocycles. The van der Waals surface area contributed by atoms with Crippen molar-refractivity contribution in [1.29, 1.82) is 0 Å². The number of halogens is 1. The van der Waals surface area contributed by atoms with E-state index in [2.05, 4.69) is 58.1 Å². The summed E-state index contributed by atoms with van der Waals surface area (Å²) in [7, 11) is 0. The van der Waals surface area contributed by atoms with Crippen molar-refractivity contribution in [3.63, 3.8) is 0 Å². The third kappa shape index (κ3) is 5.07. The minimum absolute atomic E-state index is 0.0717. The molecule has 2 N–H and O–H groups in total. The van der Waals surface area contributed by atoms with Crippen molar-refractivity contribution < 1.29 is 9.18 Å². The quantitative estimate of drug-likeness (QED) is 0.670. The Balaban J connectivity index is 1.44. The Bertz CT molecular complexity index is 994. The predicted molar refractivity (Wildman–Crippen MR) is 124 cm³/mol. The van der Waals surface area contributed by atoms with Crippen LogP contribution in [-0.2, 0) is 17.8 Å². The second-order valence-corrected chi connectivity index (χ2v) is 8.78. The number of anilines is 3. The first-order valence-electron chi connectivity index (χ1n) is 11.3. The van der Waals surface area contributed by atoms with Crippen LogP contribution in [0.4, 0.5) is 21.8 Å². The van der Waals surface area contributed by atoms with Gasteiger partial charge < -0.3 is 15.5 Å². The Morgan fingerprint density at radius 1 is 1.31 bits per heavy atom. The number of hydrogen-bond acceptors (Lipinski definition) is 6. The number of hydrogen-bond donors (Lipinski definition) is 2. The minimum Gasteiger partial charge on any atom is -0.363 e. The zero-order valence-corrected chi connectivity index (χ0v) is 18.8. The first-order chi connectivity index (χ1) is 15.4. The number of fused-ring (bicyclic) bond motifs is 1. The summed E-state index contributed by atoms with van der Waals surface area (Å²) in [6, 6.07) is 6.75. The molecule has 1 saturated heterocycles. The van der Waals surface area contributed by atoms with E-state index in [1.807, 2.05) is 6.07 Å². The topological polar surface area (TPSA) is 73.4 Å².